The van der Waals surface area contributed by atoms with E-state index in [2.05, 4.69) is 57.4 Å². The number of amides is 1. The van der Waals surface area contributed by atoms with Crippen molar-refractivity contribution in [1.29, 1.82) is 0 Å². The monoisotopic (exact) mass is 382 g/mol. The minimum atomic E-state index is -0.0220. The van der Waals surface area contributed by atoms with Gasteiger partial charge in [-0.1, -0.05) is 30.3 Å². The van der Waals surface area contributed by atoms with Gasteiger partial charge in [-0.25, -0.2) is 0 Å². The fourth-order valence-electron chi connectivity index (χ4n) is 3.62. The predicted octanol–water partition coefficient (Wildman–Crippen LogP) is 4.70. The van der Waals surface area contributed by atoms with Crippen LogP contribution in [-0.2, 0) is 5.41 Å². The van der Waals surface area contributed by atoms with Crippen LogP contribution in [0, 0.1) is 6.92 Å². The number of hydrogen-bond acceptors (Lipinski definition) is 1. The van der Waals surface area contributed by atoms with Gasteiger partial charge in [-0.3, -0.25) is 4.79 Å². The third-order valence-corrected chi connectivity index (χ3v) is 5.67. The van der Waals surface area contributed by atoms with Crippen LogP contribution in [0.5, 0.6) is 0 Å². The number of fused-ring (bicyclic) bond motifs is 1. The molecule has 1 aromatic heterocycles. The zero-order chi connectivity index (χ0) is 16.7. The van der Waals surface area contributed by atoms with Crippen molar-refractivity contribution in [3.05, 3.63) is 69.8 Å². The number of aryl methyl sites for hydroxylation is 1. The van der Waals surface area contributed by atoms with Gasteiger partial charge in [0.2, 0.25) is 0 Å². The summed E-state index contributed by atoms with van der Waals surface area (Å²) < 4.78 is 0.829. The molecule has 122 valence electrons. The number of nitrogens with one attached hydrogen (secondary N) is 2. The lowest BCUT2D eigenvalue weighted by Crippen LogP contribution is -2.32. The third-order valence-electron chi connectivity index (χ3n) is 4.98. The number of aromatic amines is 1. The highest BCUT2D eigenvalue weighted by atomic mass is 79.9. The van der Waals surface area contributed by atoms with Gasteiger partial charge >= 0.3 is 0 Å². The molecule has 2 aromatic carbocycles. The predicted molar refractivity (Wildman–Crippen MR) is 100 cm³/mol. The molecule has 1 heterocycles. The zero-order valence-electron chi connectivity index (χ0n) is 13.5. The molecule has 1 aliphatic rings. The van der Waals surface area contributed by atoms with E-state index in [1.807, 2.05) is 24.3 Å². The standard InChI is InChI=1S/C20H19BrN2O/c1-13-18(15-7-3-5-9-17(15)23-13)20(10-11-20)12-22-19(24)14-6-2-4-8-16(14)21/h2-9,23H,10-12H2,1H3,(H,22,24). The van der Waals surface area contributed by atoms with Crippen LogP contribution in [0.15, 0.2) is 53.0 Å². The first-order valence-electron chi connectivity index (χ1n) is 8.21. The molecule has 4 heteroatoms. The average molecular weight is 383 g/mol. The van der Waals surface area contributed by atoms with Crippen molar-refractivity contribution < 1.29 is 4.79 Å². The Kier molecular flexibility index (Phi) is 3.72. The second kappa shape index (κ2) is 5.78. The van der Waals surface area contributed by atoms with E-state index in [4.69, 9.17) is 0 Å². The summed E-state index contributed by atoms with van der Waals surface area (Å²) in [6, 6.07) is 16.0. The van der Waals surface area contributed by atoms with Crippen LogP contribution < -0.4 is 5.32 Å². The van der Waals surface area contributed by atoms with Gasteiger partial charge < -0.3 is 10.3 Å². The molecule has 0 spiro atoms. The molecule has 1 fully saturated rings. The molecule has 2 N–H and O–H groups in total. The number of H-pyrrole nitrogens is 1. The van der Waals surface area contributed by atoms with E-state index < -0.39 is 0 Å². The number of carbonyl (C=O) groups is 1. The Balaban J connectivity index is 1.59. The first-order valence-corrected chi connectivity index (χ1v) is 9.01. The maximum Gasteiger partial charge on any atom is 0.252 e. The highest BCUT2D eigenvalue weighted by Crippen LogP contribution is 2.51. The van der Waals surface area contributed by atoms with E-state index in [9.17, 15) is 4.79 Å². The molecule has 3 aromatic rings. The average Bonchev–Trinajstić information content (AvgIpc) is 3.28. The normalized spacial score (nSPS) is 15.4. The largest absolute Gasteiger partial charge is 0.358 e. The molecule has 0 radical (unpaired) electrons. The van der Waals surface area contributed by atoms with Crippen LogP contribution in [0.3, 0.4) is 0 Å². The molecule has 1 amide bonds. The Hall–Kier alpha value is -2.07. The highest BCUT2D eigenvalue weighted by molar-refractivity contribution is 9.10. The molecule has 0 bridgehead atoms. The molecule has 24 heavy (non-hydrogen) atoms. The van der Waals surface area contributed by atoms with Crippen LogP contribution in [0.4, 0.5) is 0 Å². The number of halogens is 1. The van der Waals surface area contributed by atoms with Crippen molar-refractivity contribution >= 4 is 32.7 Å². The second-order valence-corrected chi connectivity index (χ2v) is 7.47. The van der Waals surface area contributed by atoms with Crippen molar-refractivity contribution in [2.24, 2.45) is 0 Å². The lowest BCUT2D eigenvalue weighted by Gasteiger charge is -2.17. The van der Waals surface area contributed by atoms with Crippen molar-refractivity contribution in [2.45, 2.75) is 25.2 Å². The first kappa shape index (κ1) is 15.5. The maximum atomic E-state index is 12.5. The Morgan fingerprint density at radius 3 is 2.62 bits per heavy atom. The van der Waals surface area contributed by atoms with Crippen LogP contribution in [-0.4, -0.2) is 17.4 Å². The van der Waals surface area contributed by atoms with Gasteiger partial charge in [-0.15, -0.1) is 0 Å². The molecular formula is C20H19BrN2O. The number of benzene rings is 2. The Labute approximate surface area is 149 Å². The molecule has 3 nitrogen and oxygen atoms in total. The molecule has 0 atom stereocenters. The topological polar surface area (TPSA) is 44.9 Å². The number of carbonyl (C=O) groups excluding carboxylic acids is 1. The fourth-order valence-corrected chi connectivity index (χ4v) is 4.08. The zero-order valence-corrected chi connectivity index (χ0v) is 15.1. The number of aromatic nitrogens is 1. The van der Waals surface area contributed by atoms with Gasteiger partial charge in [0.1, 0.15) is 0 Å². The molecule has 0 saturated heterocycles. The van der Waals surface area contributed by atoms with Gasteiger partial charge in [-0.2, -0.15) is 0 Å². The summed E-state index contributed by atoms with van der Waals surface area (Å²) in [5.74, 6) is -0.0220. The quantitative estimate of drug-likeness (QED) is 0.674. The summed E-state index contributed by atoms with van der Waals surface area (Å²) in [6.45, 7) is 2.81. The van der Waals surface area contributed by atoms with Crippen molar-refractivity contribution in [3.63, 3.8) is 0 Å². The second-order valence-electron chi connectivity index (χ2n) is 6.61. The van der Waals surface area contributed by atoms with Gasteiger partial charge in [-0.05, 0) is 59.5 Å². The highest BCUT2D eigenvalue weighted by Gasteiger charge is 2.46. The Morgan fingerprint density at radius 1 is 1.17 bits per heavy atom. The van der Waals surface area contributed by atoms with E-state index in [1.54, 1.807) is 0 Å². The number of rotatable bonds is 4. The molecule has 1 aliphatic carbocycles. The van der Waals surface area contributed by atoms with E-state index in [-0.39, 0.29) is 11.3 Å². The smallest absolute Gasteiger partial charge is 0.252 e. The lowest BCUT2D eigenvalue weighted by molar-refractivity contribution is 0.0949. The Morgan fingerprint density at radius 2 is 1.88 bits per heavy atom. The fraction of sp³-hybridized carbons (Fsp3) is 0.250. The first-order chi connectivity index (χ1) is 11.6. The summed E-state index contributed by atoms with van der Waals surface area (Å²) in [4.78, 5) is 16.0. The van der Waals surface area contributed by atoms with Crippen LogP contribution in [0.25, 0.3) is 10.9 Å². The van der Waals surface area contributed by atoms with E-state index in [1.165, 1.54) is 22.2 Å². The summed E-state index contributed by atoms with van der Waals surface area (Å²) in [5.41, 5.74) is 4.51. The van der Waals surface area contributed by atoms with Crippen molar-refractivity contribution in [1.82, 2.24) is 10.3 Å². The number of para-hydroxylation sites is 1. The molecule has 0 unspecified atom stereocenters. The molecule has 1 saturated carbocycles. The Bertz CT molecular complexity index is 924. The molecule has 0 aliphatic heterocycles. The molecule has 4 rings (SSSR count). The van der Waals surface area contributed by atoms with Crippen LogP contribution in [0.1, 0.15) is 34.5 Å². The van der Waals surface area contributed by atoms with E-state index >= 15 is 0 Å². The van der Waals surface area contributed by atoms with Crippen molar-refractivity contribution in [2.75, 3.05) is 6.54 Å². The van der Waals surface area contributed by atoms with Crippen LogP contribution in [0.2, 0.25) is 0 Å². The number of hydrogen-bond donors (Lipinski definition) is 2. The lowest BCUT2D eigenvalue weighted by atomic mass is 9.93. The maximum absolute atomic E-state index is 12.5. The molecular weight excluding hydrogens is 364 g/mol. The minimum Gasteiger partial charge on any atom is -0.358 e. The van der Waals surface area contributed by atoms with E-state index in [0.29, 0.717) is 12.1 Å². The summed E-state index contributed by atoms with van der Waals surface area (Å²) in [6.07, 6.45) is 2.23. The van der Waals surface area contributed by atoms with E-state index in [0.717, 1.165) is 17.3 Å². The summed E-state index contributed by atoms with van der Waals surface area (Å²) in [7, 11) is 0. The van der Waals surface area contributed by atoms with Crippen molar-refractivity contribution in [3.8, 4) is 0 Å². The van der Waals surface area contributed by atoms with Gasteiger partial charge in [0.15, 0.2) is 0 Å². The third kappa shape index (κ3) is 2.55. The van der Waals surface area contributed by atoms with Crippen LogP contribution >= 0.6 is 15.9 Å². The van der Waals surface area contributed by atoms with Gasteiger partial charge in [0.25, 0.3) is 5.91 Å². The van der Waals surface area contributed by atoms with Gasteiger partial charge in [0.05, 0.1) is 5.56 Å². The minimum absolute atomic E-state index is 0.0220. The summed E-state index contributed by atoms with van der Waals surface area (Å²) in [5, 5.41) is 4.42. The SMILES string of the molecule is Cc1[nH]c2ccccc2c1C1(CNC(=O)c2ccccc2Br)CC1. The van der Waals surface area contributed by atoms with Gasteiger partial charge in [0, 0.05) is 33.0 Å². The summed E-state index contributed by atoms with van der Waals surface area (Å²) >= 11 is 3.45.